The van der Waals surface area contributed by atoms with Gasteiger partial charge in [-0.1, -0.05) is 65.8 Å². The lowest BCUT2D eigenvalue weighted by molar-refractivity contribution is -0.121. The SMILES string of the molecule is O=C1NC2(CCN(c3nc(-c4ccccc4)no3)CC2)C[C@H]1c1ccccc1. The number of nitrogens with zero attached hydrogens (tertiary/aromatic N) is 3. The fourth-order valence-electron chi connectivity index (χ4n) is 4.34. The third-order valence-corrected chi connectivity index (χ3v) is 5.94. The molecule has 2 fully saturated rings. The summed E-state index contributed by atoms with van der Waals surface area (Å²) in [4.78, 5) is 19.3. The topological polar surface area (TPSA) is 71.3 Å². The lowest BCUT2D eigenvalue weighted by atomic mass is 9.82. The standard InChI is InChI=1S/C22H22N4O2/c27-20-18(16-7-3-1-4-8-16)15-22(24-20)11-13-26(14-12-22)21-23-19(25-28-21)17-9-5-2-6-10-17/h1-10,18H,11-15H2,(H,24,27)/t18-/m0/s1. The maximum atomic E-state index is 12.6. The van der Waals surface area contributed by atoms with Crippen molar-refractivity contribution in [3.05, 3.63) is 66.2 Å². The zero-order valence-electron chi connectivity index (χ0n) is 15.5. The summed E-state index contributed by atoms with van der Waals surface area (Å²) in [6.45, 7) is 1.58. The van der Waals surface area contributed by atoms with Crippen molar-refractivity contribution in [1.29, 1.82) is 0 Å². The third kappa shape index (κ3) is 3.05. The Hall–Kier alpha value is -3.15. The number of benzene rings is 2. The van der Waals surface area contributed by atoms with Crippen molar-refractivity contribution in [2.75, 3.05) is 18.0 Å². The van der Waals surface area contributed by atoms with Gasteiger partial charge < -0.3 is 14.7 Å². The summed E-state index contributed by atoms with van der Waals surface area (Å²) in [7, 11) is 0. The van der Waals surface area contributed by atoms with Gasteiger partial charge in [0.25, 0.3) is 0 Å². The predicted octanol–water partition coefficient (Wildman–Crippen LogP) is 3.38. The number of amides is 1. The predicted molar refractivity (Wildman–Crippen MR) is 106 cm³/mol. The summed E-state index contributed by atoms with van der Waals surface area (Å²) in [5, 5.41) is 7.41. The molecule has 2 aliphatic heterocycles. The van der Waals surface area contributed by atoms with Gasteiger partial charge in [0.05, 0.1) is 5.92 Å². The van der Waals surface area contributed by atoms with Crippen LogP contribution in [0.4, 0.5) is 6.01 Å². The second-order valence-corrected chi connectivity index (χ2v) is 7.69. The first kappa shape index (κ1) is 17.0. The average Bonchev–Trinajstić information content (AvgIpc) is 3.35. The van der Waals surface area contributed by atoms with Gasteiger partial charge in [0, 0.05) is 24.2 Å². The highest BCUT2D eigenvalue weighted by Gasteiger charge is 2.46. The molecule has 0 saturated carbocycles. The fraction of sp³-hybridized carbons (Fsp3) is 0.318. The molecule has 0 aliphatic carbocycles. The van der Waals surface area contributed by atoms with E-state index in [4.69, 9.17) is 4.52 Å². The van der Waals surface area contributed by atoms with E-state index in [0.29, 0.717) is 11.8 Å². The molecule has 0 unspecified atom stereocenters. The summed E-state index contributed by atoms with van der Waals surface area (Å²) in [5.41, 5.74) is 1.92. The van der Waals surface area contributed by atoms with Crippen LogP contribution in [0.5, 0.6) is 0 Å². The van der Waals surface area contributed by atoms with Crippen molar-refractivity contribution in [3.63, 3.8) is 0 Å². The lowest BCUT2D eigenvalue weighted by Gasteiger charge is -2.38. The molecular formula is C22H22N4O2. The smallest absolute Gasteiger partial charge is 0.324 e. The normalized spacial score (nSPS) is 21.1. The van der Waals surface area contributed by atoms with E-state index in [1.54, 1.807) is 0 Å². The van der Waals surface area contributed by atoms with Crippen molar-refractivity contribution in [1.82, 2.24) is 15.5 Å². The van der Waals surface area contributed by atoms with E-state index >= 15 is 0 Å². The number of rotatable bonds is 3. The molecule has 3 heterocycles. The third-order valence-electron chi connectivity index (χ3n) is 5.94. The van der Waals surface area contributed by atoms with Crippen molar-refractivity contribution < 1.29 is 9.32 Å². The van der Waals surface area contributed by atoms with Crippen LogP contribution in [0.2, 0.25) is 0 Å². The van der Waals surface area contributed by atoms with Crippen LogP contribution in [-0.4, -0.2) is 34.7 Å². The summed E-state index contributed by atoms with van der Waals surface area (Å²) in [6, 6.07) is 20.4. The van der Waals surface area contributed by atoms with Crippen LogP contribution in [0.1, 0.15) is 30.7 Å². The van der Waals surface area contributed by atoms with Gasteiger partial charge in [0.2, 0.25) is 11.7 Å². The Labute approximate surface area is 163 Å². The number of anilines is 1. The maximum absolute atomic E-state index is 12.6. The van der Waals surface area contributed by atoms with E-state index in [1.165, 1.54) is 0 Å². The highest BCUT2D eigenvalue weighted by molar-refractivity contribution is 5.87. The van der Waals surface area contributed by atoms with Gasteiger partial charge in [0.1, 0.15) is 0 Å². The zero-order chi connectivity index (χ0) is 19.0. The van der Waals surface area contributed by atoms with E-state index in [1.807, 2.05) is 60.7 Å². The molecule has 2 aliphatic rings. The van der Waals surface area contributed by atoms with Crippen molar-refractivity contribution in [2.45, 2.75) is 30.7 Å². The summed E-state index contributed by atoms with van der Waals surface area (Å²) >= 11 is 0. The molecule has 6 heteroatoms. The second kappa shape index (κ2) is 6.78. The van der Waals surface area contributed by atoms with Crippen molar-refractivity contribution in [3.8, 4) is 11.4 Å². The number of carbonyl (C=O) groups is 1. The van der Waals surface area contributed by atoms with Gasteiger partial charge in [0.15, 0.2) is 0 Å². The van der Waals surface area contributed by atoms with Crippen LogP contribution in [-0.2, 0) is 4.79 Å². The second-order valence-electron chi connectivity index (χ2n) is 7.69. The molecule has 0 radical (unpaired) electrons. The van der Waals surface area contributed by atoms with Gasteiger partial charge in [-0.15, -0.1) is 0 Å². The number of carbonyl (C=O) groups excluding carboxylic acids is 1. The first-order chi connectivity index (χ1) is 13.7. The van der Waals surface area contributed by atoms with Crippen molar-refractivity contribution in [2.24, 2.45) is 0 Å². The van der Waals surface area contributed by atoms with Crippen LogP contribution in [0.3, 0.4) is 0 Å². The maximum Gasteiger partial charge on any atom is 0.324 e. The Kier molecular flexibility index (Phi) is 4.11. The van der Waals surface area contributed by atoms with Gasteiger partial charge in [-0.2, -0.15) is 4.98 Å². The fourth-order valence-corrected chi connectivity index (χ4v) is 4.34. The van der Waals surface area contributed by atoms with Crippen LogP contribution in [0, 0.1) is 0 Å². The Morgan fingerprint density at radius 1 is 1.00 bits per heavy atom. The summed E-state index contributed by atoms with van der Waals surface area (Å²) in [5.74, 6) is 0.693. The van der Waals surface area contributed by atoms with Gasteiger partial charge in [-0.3, -0.25) is 4.79 Å². The first-order valence-electron chi connectivity index (χ1n) is 9.74. The van der Waals surface area contributed by atoms with Crippen molar-refractivity contribution >= 4 is 11.9 Å². The first-order valence-corrected chi connectivity index (χ1v) is 9.74. The zero-order valence-corrected chi connectivity index (χ0v) is 15.5. The van der Waals surface area contributed by atoms with Crippen LogP contribution in [0.15, 0.2) is 65.2 Å². The molecule has 1 amide bonds. The Morgan fingerprint density at radius 2 is 1.68 bits per heavy atom. The number of hydrogen-bond donors (Lipinski definition) is 1. The summed E-state index contributed by atoms with van der Waals surface area (Å²) < 4.78 is 5.50. The molecule has 5 rings (SSSR count). The van der Waals surface area contributed by atoms with Crippen LogP contribution < -0.4 is 10.2 Å². The van der Waals surface area contributed by atoms with Gasteiger partial charge in [-0.05, 0) is 24.8 Å². The van der Waals surface area contributed by atoms with E-state index in [2.05, 4.69) is 20.4 Å². The molecule has 2 saturated heterocycles. The molecule has 2 aromatic carbocycles. The molecular weight excluding hydrogens is 352 g/mol. The van der Waals surface area contributed by atoms with E-state index in [-0.39, 0.29) is 17.4 Å². The van der Waals surface area contributed by atoms with E-state index in [0.717, 1.165) is 43.5 Å². The molecule has 6 nitrogen and oxygen atoms in total. The molecule has 3 aromatic rings. The minimum absolute atomic E-state index is 0.0548. The molecule has 1 N–H and O–H groups in total. The Bertz CT molecular complexity index is 962. The quantitative estimate of drug-likeness (QED) is 0.761. The molecule has 1 spiro atoms. The molecule has 28 heavy (non-hydrogen) atoms. The van der Waals surface area contributed by atoms with E-state index in [9.17, 15) is 4.79 Å². The number of hydrogen-bond acceptors (Lipinski definition) is 5. The minimum Gasteiger partial charge on any atom is -0.350 e. The highest BCUT2D eigenvalue weighted by Crippen LogP contribution is 2.39. The minimum atomic E-state index is -0.129. The van der Waals surface area contributed by atoms with E-state index < -0.39 is 0 Å². The number of piperidine rings is 1. The average molecular weight is 374 g/mol. The Balaban J connectivity index is 1.27. The Morgan fingerprint density at radius 3 is 2.39 bits per heavy atom. The van der Waals surface area contributed by atoms with Gasteiger partial charge in [-0.25, -0.2) is 0 Å². The number of aromatic nitrogens is 2. The van der Waals surface area contributed by atoms with Crippen LogP contribution >= 0.6 is 0 Å². The molecule has 1 aromatic heterocycles. The molecule has 1 atom stereocenters. The van der Waals surface area contributed by atoms with Crippen LogP contribution in [0.25, 0.3) is 11.4 Å². The lowest BCUT2D eigenvalue weighted by Crippen LogP contribution is -2.51. The monoisotopic (exact) mass is 374 g/mol. The summed E-state index contributed by atoms with van der Waals surface area (Å²) in [6.07, 6.45) is 2.61. The van der Waals surface area contributed by atoms with Gasteiger partial charge >= 0.3 is 6.01 Å². The molecule has 0 bridgehead atoms. The largest absolute Gasteiger partial charge is 0.350 e. The molecule has 142 valence electrons. The number of nitrogens with one attached hydrogen (secondary N) is 1. The highest BCUT2D eigenvalue weighted by atomic mass is 16.5.